The Labute approximate surface area is 259 Å². The lowest BCUT2D eigenvalue weighted by Gasteiger charge is -2.39. The molecule has 0 aromatic heterocycles. The van der Waals surface area contributed by atoms with Crippen molar-refractivity contribution in [3.63, 3.8) is 0 Å². The Bertz CT molecular complexity index is 1120. The van der Waals surface area contributed by atoms with Gasteiger partial charge in [-0.25, -0.2) is 0 Å². The van der Waals surface area contributed by atoms with Crippen molar-refractivity contribution >= 4 is 23.6 Å². The molecule has 1 aromatic carbocycles. The second-order valence-electron chi connectivity index (χ2n) is 12.3. The van der Waals surface area contributed by atoms with Gasteiger partial charge in [0.05, 0.1) is 19.8 Å². The summed E-state index contributed by atoms with van der Waals surface area (Å²) in [7, 11) is 0. The fourth-order valence-electron chi connectivity index (χ4n) is 6.82. The maximum absolute atomic E-state index is 14.0. The summed E-state index contributed by atoms with van der Waals surface area (Å²) < 4.78 is 16.7. The van der Waals surface area contributed by atoms with Gasteiger partial charge in [-0.05, 0) is 43.1 Å². The van der Waals surface area contributed by atoms with Crippen molar-refractivity contribution in [2.24, 2.45) is 11.8 Å². The van der Waals surface area contributed by atoms with Crippen molar-refractivity contribution in [1.29, 1.82) is 0 Å². The van der Waals surface area contributed by atoms with Gasteiger partial charge in [-0.15, -0.1) is 0 Å². The number of piperidine rings is 1. The van der Waals surface area contributed by atoms with Gasteiger partial charge in [-0.1, -0.05) is 30.3 Å². The van der Waals surface area contributed by atoms with E-state index in [1.807, 2.05) is 30.3 Å². The number of carbonyl (C=O) groups is 4. The van der Waals surface area contributed by atoms with E-state index >= 15 is 0 Å². The number of rotatable bonds is 6. The molecule has 0 saturated carbocycles. The van der Waals surface area contributed by atoms with Gasteiger partial charge < -0.3 is 40.0 Å². The molecule has 12 heteroatoms. The van der Waals surface area contributed by atoms with Crippen molar-refractivity contribution in [2.45, 2.75) is 63.2 Å². The fourth-order valence-corrected chi connectivity index (χ4v) is 6.82. The number of nitrogens with zero attached hydrogens (tertiary/aromatic N) is 2. The third-order valence-corrected chi connectivity index (χ3v) is 9.26. The molecule has 3 N–H and O–H groups in total. The van der Waals surface area contributed by atoms with E-state index in [-0.39, 0.29) is 73.6 Å². The SMILES string of the molecule is O=C(C[C@@H]1CCN2C[C@@H]1CC(=O)N1CC[C@@H](NC3CCOCC3)[C@H]1C(=O)NCCOCCOCC2=O)NCc1ccccc1. The van der Waals surface area contributed by atoms with Crippen LogP contribution in [0.25, 0.3) is 0 Å². The molecule has 44 heavy (non-hydrogen) atoms. The van der Waals surface area contributed by atoms with Gasteiger partial charge in [-0.2, -0.15) is 0 Å². The molecule has 4 heterocycles. The minimum absolute atomic E-state index is 0.0588. The van der Waals surface area contributed by atoms with E-state index < -0.39 is 6.04 Å². The summed E-state index contributed by atoms with van der Waals surface area (Å²) in [6, 6.07) is 9.18. The Morgan fingerprint density at radius 2 is 1.66 bits per heavy atom. The van der Waals surface area contributed by atoms with Crippen LogP contribution in [0.15, 0.2) is 30.3 Å². The van der Waals surface area contributed by atoms with E-state index in [1.54, 1.807) is 9.80 Å². The first-order chi connectivity index (χ1) is 21.5. The molecule has 4 aliphatic heterocycles. The average molecular weight is 614 g/mol. The number of hydrogen-bond acceptors (Lipinski definition) is 8. The molecule has 1 aromatic rings. The molecule has 4 amide bonds. The van der Waals surface area contributed by atoms with E-state index in [4.69, 9.17) is 14.2 Å². The zero-order valence-corrected chi connectivity index (χ0v) is 25.5. The third kappa shape index (κ3) is 8.99. The molecular formula is C32H47N5O7. The Morgan fingerprint density at radius 1 is 0.886 bits per heavy atom. The molecule has 0 unspecified atom stereocenters. The van der Waals surface area contributed by atoms with Crippen LogP contribution in [0, 0.1) is 11.8 Å². The van der Waals surface area contributed by atoms with Crippen LogP contribution >= 0.6 is 0 Å². The highest BCUT2D eigenvalue weighted by Crippen LogP contribution is 2.32. The van der Waals surface area contributed by atoms with E-state index in [0.29, 0.717) is 72.0 Å². The van der Waals surface area contributed by atoms with Gasteiger partial charge in [0.2, 0.25) is 23.6 Å². The molecule has 4 aliphatic rings. The zero-order valence-electron chi connectivity index (χ0n) is 25.5. The van der Waals surface area contributed by atoms with Crippen LogP contribution in [0.4, 0.5) is 0 Å². The highest BCUT2D eigenvalue weighted by Gasteiger charge is 2.44. The summed E-state index contributed by atoms with van der Waals surface area (Å²) in [5, 5.41) is 9.64. The topological polar surface area (TPSA) is 139 Å². The molecule has 242 valence electrons. The summed E-state index contributed by atoms with van der Waals surface area (Å²) in [6.45, 7) is 4.30. The van der Waals surface area contributed by atoms with E-state index in [2.05, 4.69) is 16.0 Å². The minimum atomic E-state index is -0.640. The van der Waals surface area contributed by atoms with Gasteiger partial charge in [0.1, 0.15) is 12.6 Å². The second kappa shape index (κ2) is 16.3. The molecule has 0 spiro atoms. The highest BCUT2D eigenvalue weighted by molar-refractivity contribution is 5.89. The van der Waals surface area contributed by atoms with Gasteiger partial charge in [0, 0.05) is 70.9 Å². The first-order valence-electron chi connectivity index (χ1n) is 16.1. The number of fused-ring (bicyclic) bond motifs is 3. The lowest BCUT2D eigenvalue weighted by atomic mass is 9.80. The van der Waals surface area contributed by atoms with Crippen LogP contribution in [0.1, 0.15) is 44.1 Å². The minimum Gasteiger partial charge on any atom is -0.381 e. The molecule has 12 nitrogen and oxygen atoms in total. The Balaban J connectivity index is 1.29. The number of carbonyl (C=O) groups excluding carboxylic acids is 4. The van der Waals surface area contributed by atoms with Gasteiger partial charge in [-0.3, -0.25) is 19.2 Å². The molecule has 5 rings (SSSR count). The van der Waals surface area contributed by atoms with Crippen LogP contribution < -0.4 is 16.0 Å². The molecule has 0 aliphatic carbocycles. The van der Waals surface area contributed by atoms with Crippen LogP contribution in [0.5, 0.6) is 0 Å². The van der Waals surface area contributed by atoms with Crippen LogP contribution in [-0.4, -0.2) is 117 Å². The summed E-state index contributed by atoms with van der Waals surface area (Å²) in [4.78, 5) is 57.0. The van der Waals surface area contributed by atoms with E-state index in [0.717, 1.165) is 18.4 Å². The summed E-state index contributed by atoms with van der Waals surface area (Å²) >= 11 is 0. The zero-order chi connectivity index (χ0) is 30.7. The van der Waals surface area contributed by atoms with Crippen molar-refractivity contribution in [1.82, 2.24) is 25.8 Å². The monoisotopic (exact) mass is 613 g/mol. The quantitative estimate of drug-likeness (QED) is 0.421. The largest absolute Gasteiger partial charge is 0.381 e. The summed E-state index contributed by atoms with van der Waals surface area (Å²) in [5.41, 5.74) is 1.02. The van der Waals surface area contributed by atoms with E-state index in [9.17, 15) is 19.2 Å². The number of amides is 4. The number of ether oxygens (including phenoxy) is 3. The van der Waals surface area contributed by atoms with Crippen molar-refractivity contribution < 1.29 is 33.4 Å². The van der Waals surface area contributed by atoms with Crippen molar-refractivity contribution in [2.75, 3.05) is 65.8 Å². The molecule has 4 saturated heterocycles. The molecular weight excluding hydrogens is 566 g/mol. The predicted molar refractivity (Wildman–Crippen MR) is 161 cm³/mol. The van der Waals surface area contributed by atoms with Gasteiger partial charge in [0.25, 0.3) is 0 Å². The van der Waals surface area contributed by atoms with Crippen molar-refractivity contribution in [3.8, 4) is 0 Å². The van der Waals surface area contributed by atoms with Crippen LogP contribution in [0.2, 0.25) is 0 Å². The Hall–Kier alpha value is -3.06. The lowest BCUT2D eigenvalue weighted by molar-refractivity contribution is -0.143. The first-order valence-corrected chi connectivity index (χ1v) is 16.1. The van der Waals surface area contributed by atoms with Crippen LogP contribution in [0.3, 0.4) is 0 Å². The fraction of sp³-hybridized carbons (Fsp3) is 0.688. The first kappa shape index (κ1) is 32.3. The lowest BCUT2D eigenvalue weighted by Crippen LogP contribution is -2.56. The number of benzene rings is 1. The standard InChI is InChI=1S/C32H47N5O7/c38-28(34-20-23-4-2-1-3-5-23)18-24-6-11-36-21-25(24)19-29(39)37-12-7-27(35-26-8-13-42-14-9-26)31(37)32(41)33-10-15-43-16-17-44-22-30(36)40/h1-5,24-27,31,35H,6-22H2,(H,33,41)(H,34,38)/t24-,25-,27+,31-/m0/s1. The maximum atomic E-state index is 14.0. The second-order valence-corrected chi connectivity index (χ2v) is 12.3. The van der Waals surface area contributed by atoms with Gasteiger partial charge in [0.15, 0.2) is 0 Å². The predicted octanol–water partition coefficient (Wildman–Crippen LogP) is 0.449. The summed E-state index contributed by atoms with van der Waals surface area (Å²) in [6.07, 6.45) is 3.47. The third-order valence-electron chi connectivity index (χ3n) is 9.26. The molecule has 4 atom stereocenters. The average Bonchev–Trinajstić information content (AvgIpc) is 3.46. The normalized spacial score (nSPS) is 28.2. The number of hydrogen-bond donors (Lipinski definition) is 3. The number of nitrogens with one attached hydrogen (secondary N) is 3. The Morgan fingerprint density at radius 3 is 2.48 bits per heavy atom. The molecule has 2 bridgehead atoms. The molecule has 0 radical (unpaired) electrons. The maximum Gasteiger partial charge on any atom is 0.248 e. The molecule has 4 fully saturated rings. The van der Waals surface area contributed by atoms with E-state index in [1.165, 1.54) is 0 Å². The highest BCUT2D eigenvalue weighted by atomic mass is 16.5. The van der Waals surface area contributed by atoms with Gasteiger partial charge >= 0.3 is 0 Å². The smallest absolute Gasteiger partial charge is 0.248 e. The van der Waals surface area contributed by atoms with Crippen molar-refractivity contribution in [3.05, 3.63) is 35.9 Å². The van der Waals surface area contributed by atoms with Crippen LogP contribution in [-0.2, 0) is 39.9 Å². The summed E-state index contributed by atoms with van der Waals surface area (Å²) in [5.74, 6) is -0.796. The Kier molecular flexibility index (Phi) is 12.0.